The van der Waals surface area contributed by atoms with Gasteiger partial charge in [-0.1, -0.05) is 0 Å². The van der Waals surface area contributed by atoms with Crippen molar-refractivity contribution in [1.82, 2.24) is 0 Å². The molecule has 2 aliphatic rings. The Morgan fingerprint density at radius 1 is 1.54 bits per heavy atom. The van der Waals surface area contributed by atoms with E-state index in [1.54, 1.807) is 0 Å². The largest absolute Gasteiger partial charge is 0.388 e. The van der Waals surface area contributed by atoms with Crippen molar-refractivity contribution >= 4 is 0 Å². The minimum Gasteiger partial charge on any atom is -0.388 e. The monoisotopic (exact) mass is 184 g/mol. The molecule has 0 saturated carbocycles. The summed E-state index contributed by atoms with van der Waals surface area (Å²) in [5.74, 6) is 2.39. The summed E-state index contributed by atoms with van der Waals surface area (Å²) in [5, 5.41) is 19.4. The zero-order valence-electron chi connectivity index (χ0n) is 7.14. The Labute approximate surface area is 76.5 Å². The van der Waals surface area contributed by atoms with Crippen molar-refractivity contribution in [2.45, 2.75) is 30.3 Å². The molecule has 4 atom stereocenters. The summed E-state index contributed by atoms with van der Waals surface area (Å²) in [4.78, 5) is 0. The first-order chi connectivity index (χ1) is 6.17. The van der Waals surface area contributed by atoms with Crippen molar-refractivity contribution in [2.75, 3.05) is 13.2 Å². The maximum absolute atomic E-state index is 9.98. The second-order valence-electron chi connectivity index (χ2n) is 3.58. The van der Waals surface area contributed by atoms with Gasteiger partial charge in [-0.3, -0.25) is 0 Å². The molecule has 2 fully saturated rings. The molecule has 2 saturated heterocycles. The summed E-state index contributed by atoms with van der Waals surface area (Å²) in [6, 6.07) is 0. The van der Waals surface area contributed by atoms with Crippen LogP contribution in [0.15, 0.2) is 0 Å². The van der Waals surface area contributed by atoms with Crippen LogP contribution in [0.4, 0.5) is 0 Å². The van der Waals surface area contributed by atoms with E-state index in [0.29, 0.717) is 0 Å². The summed E-state index contributed by atoms with van der Waals surface area (Å²) in [6.45, 7) is 0.353. The first-order valence-corrected chi connectivity index (χ1v) is 4.24. The molecule has 0 unspecified atom stereocenters. The highest BCUT2D eigenvalue weighted by Crippen LogP contribution is 2.35. The Balaban J connectivity index is 2.14. The summed E-state index contributed by atoms with van der Waals surface area (Å²) in [7, 11) is 0. The average Bonchev–Trinajstić information content (AvgIpc) is 2.58. The van der Waals surface area contributed by atoms with Crippen LogP contribution in [0.5, 0.6) is 0 Å². The molecule has 4 nitrogen and oxygen atoms in total. The van der Waals surface area contributed by atoms with E-state index < -0.39 is 23.9 Å². The van der Waals surface area contributed by atoms with Crippen LogP contribution in [-0.2, 0) is 9.47 Å². The third-order valence-corrected chi connectivity index (χ3v) is 2.59. The SMILES string of the molecule is C#CC[C@@]1(O)CO[C@H]2[C@@H](O)CO[C@@H]21. The van der Waals surface area contributed by atoms with Crippen LogP contribution in [0.1, 0.15) is 6.42 Å². The Morgan fingerprint density at radius 3 is 3.00 bits per heavy atom. The Kier molecular flexibility index (Phi) is 2.05. The molecule has 2 rings (SSSR count). The number of hydrogen-bond acceptors (Lipinski definition) is 4. The van der Waals surface area contributed by atoms with E-state index >= 15 is 0 Å². The quantitative estimate of drug-likeness (QED) is 0.508. The molecule has 0 spiro atoms. The maximum atomic E-state index is 9.98. The molecule has 4 heteroatoms. The van der Waals surface area contributed by atoms with Crippen LogP contribution in [0, 0.1) is 12.3 Å². The van der Waals surface area contributed by atoms with E-state index in [2.05, 4.69) is 5.92 Å². The highest BCUT2D eigenvalue weighted by Gasteiger charge is 2.55. The third kappa shape index (κ3) is 1.25. The number of aliphatic hydroxyl groups excluding tert-OH is 1. The van der Waals surface area contributed by atoms with Crippen molar-refractivity contribution in [1.29, 1.82) is 0 Å². The number of terminal acetylenes is 1. The molecule has 72 valence electrons. The molecular weight excluding hydrogens is 172 g/mol. The zero-order valence-corrected chi connectivity index (χ0v) is 7.14. The van der Waals surface area contributed by atoms with E-state index in [4.69, 9.17) is 15.9 Å². The lowest BCUT2D eigenvalue weighted by molar-refractivity contribution is -0.0655. The molecule has 0 radical (unpaired) electrons. The number of rotatable bonds is 1. The fourth-order valence-corrected chi connectivity index (χ4v) is 1.90. The molecular formula is C9H12O4. The Bertz CT molecular complexity index is 246. The van der Waals surface area contributed by atoms with Gasteiger partial charge in [0.15, 0.2) is 0 Å². The number of aliphatic hydroxyl groups is 2. The minimum absolute atomic E-state index is 0.142. The Morgan fingerprint density at radius 2 is 2.31 bits per heavy atom. The molecule has 0 amide bonds. The van der Waals surface area contributed by atoms with Gasteiger partial charge in [-0.25, -0.2) is 0 Å². The molecule has 0 bridgehead atoms. The number of hydrogen-bond donors (Lipinski definition) is 2. The van der Waals surface area contributed by atoms with E-state index in [0.717, 1.165) is 0 Å². The van der Waals surface area contributed by atoms with E-state index in [1.165, 1.54) is 0 Å². The maximum Gasteiger partial charge on any atom is 0.127 e. The van der Waals surface area contributed by atoms with Crippen LogP contribution in [0.2, 0.25) is 0 Å². The molecule has 2 N–H and O–H groups in total. The van der Waals surface area contributed by atoms with Crippen LogP contribution in [-0.4, -0.2) is 47.3 Å². The lowest BCUT2D eigenvalue weighted by atomic mass is 9.93. The highest BCUT2D eigenvalue weighted by atomic mass is 16.6. The van der Waals surface area contributed by atoms with Gasteiger partial charge in [0.1, 0.15) is 23.9 Å². The minimum atomic E-state index is -1.11. The predicted molar refractivity (Wildman–Crippen MR) is 43.9 cm³/mol. The molecule has 0 aromatic rings. The van der Waals surface area contributed by atoms with Crippen molar-refractivity contribution in [3.8, 4) is 12.3 Å². The summed E-state index contributed by atoms with van der Waals surface area (Å²) < 4.78 is 10.5. The van der Waals surface area contributed by atoms with Crippen molar-refractivity contribution < 1.29 is 19.7 Å². The molecule has 0 aliphatic carbocycles. The highest BCUT2D eigenvalue weighted by molar-refractivity contribution is 5.08. The summed E-state index contributed by atoms with van der Waals surface area (Å²) >= 11 is 0. The molecule has 13 heavy (non-hydrogen) atoms. The molecule has 0 aromatic carbocycles. The molecule has 0 aromatic heterocycles. The average molecular weight is 184 g/mol. The van der Waals surface area contributed by atoms with Crippen molar-refractivity contribution in [3.63, 3.8) is 0 Å². The van der Waals surface area contributed by atoms with Gasteiger partial charge in [0.2, 0.25) is 0 Å². The Hall–Kier alpha value is -0.600. The fourth-order valence-electron chi connectivity index (χ4n) is 1.90. The summed E-state index contributed by atoms with van der Waals surface area (Å²) in [5.41, 5.74) is -1.11. The first kappa shape index (κ1) is 8.97. The van der Waals surface area contributed by atoms with Gasteiger partial charge < -0.3 is 19.7 Å². The second kappa shape index (κ2) is 2.96. The first-order valence-electron chi connectivity index (χ1n) is 4.24. The van der Waals surface area contributed by atoms with Gasteiger partial charge in [-0.2, -0.15) is 0 Å². The third-order valence-electron chi connectivity index (χ3n) is 2.59. The number of fused-ring (bicyclic) bond motifs is 1. The molecule has 2 aliphatic heterocycles. The number of ether oxygens (including phenoxy) is 2. The van der Waals surface area contributed by atoms with Gasteiger partial charge in [0, 0.05) is 6.42 Å². The van der Waals surface area contributed by atoms with Gasteiger partial charge in [0.25, 0.3) is 0 Å². The molecule has 2 heterocycles. The van der Waals surface area contributed by atoms with Crippen LogP contribution >= 0.6 is 0 Å². The van der Waals surface area contributed by atoms with Crippen LogP contribution in [0.25, 0.3) is 0 Å². The lowest BCUT2D eigenvalue weighted by Crippen LogP contribution is -2.43. The van der Waals surface area contributed by atoms with Gasteiger partial charge >= 0.3 is 0 Å². The van der Waals surface area contributed by atoms with Crippen LogP contribution in [0.3, 0.4) is 0 Å². The normalized spacial score (nSPS) is 48.8. The topological polar surface area (TPSA) is 58.9 Å². The van der Waals surface area contributed by atoms with Gasteiger partial charge in [-0.15, -0.1) is 12.3 Å². The van der Waals surface area contributed by atoms with Crippen LogP contribution < -0.4 is 0 Å². The van der Waals surface area contributed by atoms with E-state index in [1.807, 2.05) is 0 Å². The fraction of sp³-hybridized carbons (Fsp3) is 0.778. The second-order valence-corrected chi connectivity index (χ2v) is 3.58. The van der Waals surface area contributed by atoms with Gasteiger partial charge in [-0.05, 0) is 0 Å². The van der Waals surface area contributed by atoms with Gasteiger partial charge in [0.05, 0.1) is 13.2 Å². The van der Waals surface area contributed by atoms with Crippen molar-refractivity contribution in [3.05, 3.63) is 0 Å². The lowest BCUT2D eigenvalue weighted by Gasteiger charge is -2.23. The van der Waals surface area contributed by atoms with E-state index in [9.17, 15) is 10.2 Å². The van der Waals surface area contributed by atoms with Crippen molar-refractivity contribution in [2.24, 2.45) is 0 Å². The van der Waals surface area contributed by atoms with E-state index in [-0.39, 0.29) is 19.6 Å². The zero-order chi connectivity index (χ0) is 9.47. The predicted octanol–water partition coefficient (Wildman–Crippen LogP) is -1.10. The summed E-state index contributed by atoms with van der Waals surface area (Å²) in [6.07, 6.45) is 3.79. The smallest absolute Gasteiger partial charge is 0.127 e. The standard InChI is InChI=1S/C9H12O4/c1-2-3-9(11)5-13-7-6(10)4-12-8(7)9/h1,6-8,10-11H,3-5H2/t6-,7-,8-,9+/m0/s1.